The van der Waals surface area contributed by atoms with Gasteiger partial charge in [-0.1, -0.05) is 0 Å². The van der Waals surface area contributed by atoms with Crippen molar-refractivity contribution < 1.29 is 28.0 Å². The Labute approximate surface area is 176 Å². The molecule has 4 amide bonds. The Hall–Kier alpha value is -3.62. The second-order valence-electron chi connectivity index (χ2n) is 7.38. The van der Waals surface area contributed by atoms with Crippen molar-refractivity contribution >= 4 is 29.3 Å². The first-order valence-electron chi connectivity index (χ1n) is 9.84. The molecule has 0 saturated carbocycles. The summed E-state index contributed by atoms with van der Waals surface area (Å²) in [5.41, 5.74) is 0.898. The molecular formula is C22H19F2N3O4. The number of nitrogens with zero attached hydrogens (tertiary/aromatic N) is 3. The highest BCUT2D eigenvalue weighted by molar-refractivity contribution is 6.19. The van der Waals surface area contributed by atoms with Crippen molar-refractivity contribution in [1.29, 1.82) is 0 Å². The van der Waals surface area contributed by atoms with Crippen LogP contribution in [0.4, 0.5) is 14.5 Å². The van der Waals surface area contributed by atoms with E-state index in [1.54, 1.807) is 29.2 Å². The van der Waals surface area contributed by atoms with Crippen LogP contribution >= 0.6 is 0 Å². The summed E-state index contributed by atoms with van der Waals surface area (Å²) in [5, 5.41) is 0. The summed E-state index contributed by atoms with van der Waals surface area (Å²) in [6.45, 7) is 1.11. The van der Waals surface area contributed by atoms with Crippen molar-refractivity contribution in [3.8, 4) is 0 Å². The fraction of sp³-hybridized carbons (Fsp3) is 0.273. The lowest BCUT2D eigenvalue weighted by Gasteiger charge is -2.35. The van der Waals surface area contributed by atoms with Gasteiger partial charge in [-0.15, -0.1) is 0 Å². The summed E-state index contributed by atoms with van der Waals surface area (Å²) in [4.78, 5) is 53.1. The van der Waals surface area contributed by atoms with Crippen LogP contribution in [-0.4, -0.2) is 59.6 Å². The quantitative estimate of drug-likeness (QED) is 0.704. The van der Waals surface area contributed by atoms with Gasteiger partial charge in [-0.25, -0.2) is 8.78 Å². The maximum Gasteiger partial charge on any atom is 0.254 e. The second-order valence-corrected chi connectivity index (χ2v) is 7.38. The van der Waals surface area contributed by atoms with Crippen LogP contribution in [-0.2, 0) is 9.59 Å². The van der Waals surface area contributed by atoms with Gasteiger partial charge in [-0.3, -0.25) is 24.1 Å². The largest absolute Gasteiger partial charge is 0.335 e. The van der Waals surface area contributed by atoms with E-state index in [1.165, 1.54) is 11.0 Å². The zero-order chi connectivity index (χ0) is 22.1. The first-order chi connectivity index (χ1) is 14.8. The number of carbonyl (C=O) groups is 4. The second kappa shape index (κ2) is 8.25. The van der Waals surface area contributed by atoms with E-state index in [2.05, 4.69) is 0 Å². The van der Waals surface area contributed by atoms with Gasteiger partial charge in [0.2, 0.25) is 11.8 Å². The van der Waals surface area contributed by atoms with Crippen LogP contribution in [0.5, 0.6) is 0 Å². The zero-order valence-corrected chi connectivity index (χ0v) is 16.5. The van der Waals surface area contributed by atoms with Gasteiger partial charge in [0.1, 0.15) is 0 Å². The van der Waals surface area contributed by atoms with E-state index in [-0.39, 0.29) is 49.2 Å². The highest BCUT2D eigenvalue weighted by atomic mass is 19.2. The summed E-state index contributed by atoms with van der Waals surface area (Å²) in [5.74, 6) is -3.27. The number of amides is 4. The molecule has 0 radical (unpaired) electrons. The molecule has 31 heavy (non-hydrogen) atoms. The zero-order valence-electron chi connectivity index (χ0n) is 16.5. The molecule has 2 fully saturated rings. The number of imide groups is 1. The molecule has 0 spiro atoms. The van der Waals surface area contributed by atoms with Crippen LogP contribution in [0.25, 0.3) is 0 Å². The maximum absolute atomic E-state index is 13.4. The van der Waals surface area contributed by atoms with E-state index < -0.39 is 17.5 Å². The van der Waals surface area contributed by atoms with Gasteiger partial charge in [-0.2, -0.15) is 0 Å². The van der Waals surface area contributed by atoms with E-state index in [0.29, 0.717) is 24.3 Å². The standard InChI is InChI=1S/C22H19F2N3O4/c23-17-6-3-15(13-18(17)24)22(31)26-11-9-25(10-12-26)21(30)14-1-4-16(5-2-14)27-19(28)7-8-20(27)29/h1-6,13H,7-12H2. The van der Waals surface area contributed by atoms with Crippen LogP contribution in [0.3, 0.4) is 0 Å². The number of carbonyl (C=O) groups excluding carboxylic acids is 4. The topological polar surface area (TPSA) is 78.0 Å². The third-order valence-corrected chi connectivity index (χ3v) is 5.44. The summed E-state index contributed by atoms with van der Waals surface area (Å²) < 4.78 is 26.5. The minimum atomic E-state index is -1.08. The molecule has 2 aliphatic rings. The van der Waals surface area contributed by atoms with Gasteiger partial charge in [0.15, 0.2) is 11.6 Å². The van der Waals surface area contributed by atoms with E-state index in [1.807, 2.05) is 0 Å². The first kappa shape index (κ1) is 20.6. The number of hydrogen-bond donors (Lipinski definition) is 0. The van der Waals surface area contributed by atoms with Crippen molar-refractivity contribution in [2.24, 2.45) is 0 Å². The van der Waals surface area contributed by atoms with Gasteiger partial charge in [-0.05, 0) is 42.5 Å². The SMILES string of the molecule is O=C(c1ccc(N2C(=O)CCC2=O)cc1)N1CCN(C(=O)c2ccc(F)c(F)c2)CC1. The fourth-order valence-corrected chi connectivity index (χ4v) is 3.72. The van der Waals surface area contributed by atoms with Gasteiger partial charge < -0.3 is 9.80 Å². The number of halogens is 2. The molecule has 0 unspecified atom stereocenters. The van der Waals surface area contributed by atoms with Gasteiger partial charge in [0, 0.05) is 50.1 Å². The Kier molecular flexibility index (Phi) is 5.50. The minimum absolute atomic E-state index is 0.0558. The molecule has 0 bridgehead atoms. The summed E-state index contributed by atoms with van der Waals surface area (Å²) >= 11 is 0. The predicted octanol–water partition coefficient (Wildman–Crippen LogP) is 2.22. The summed E-state index contributed by atoms with van der Waals surface area (Å²) in [6.07, 6.45) is 0.375. The van der Waals surface area contributed by atoms with E-state index in [0.717, 1.165) is 17.0 Å². The first-order valence-corrected chi connectivity index (χ1v) is 9.84. The molecule has 0 aromatic heterocycles. The third-order valence-electron chi connectivity index (χ3n) is 5.44. The highest BCUT2D eigenvalue weighted by Gasteiger charge is 2.31. The van der Waals surface area contributed by atoms with Crippen LogP contribution in [0.2, 0.25) is 0 Å². The molecule has 0 N–H and O–H groups in total. The number of anilines is 1. The molecule has 7 nitrogen and oxygen atoms in total. The summed E-state index contributed by atoms with van der Waals surface area (Å²) in [6, 6.07) is 9.27. The Morgan fingerprint density at radius 1 is 0.677 bits per heavy atom. The van der Waals surface area contributed by atoms with Crippen LogP contribution in [0.1, 0.15) is 33.6 Å². The van der Waals surface area contributed by atoms with Crippen molar-refractivity contribution in [2.75, 3.05) is 31.1 Å². The van der Waals surface area contributed by atoms with Crippen molar-refractivity contribution in [3.05, 3.63) is 65.2 Å². The number of benzene rings is 2. The average Bonchev–Trinajstić information content (AvgIpc) is 3.13. The fourth-order valence-electron chi connectivity index (χ4n) is 3.72. The number of hydrogen-bond acceptors (Lipinski definition) is 4. The molecule has 2 aromatic carbocycles. The molecule has 160 valence electrons. The van der Waals surface area contributed by atoms with E-state index in [4.69, 9.17) is 0 Å². The molecular weight excluding hydrogens is 408 g/mol. The van der Waals surface area contributed by atoms with Crippen LogP contribution in [0, 0.1) is 11.6 Å². The van der Waals surface area contributed by atoms with E-state index in [9.17, 15) is 28.0 Å². The molecule has 2 saturated heterocycles. The van der Waals surface area contributed by atoms with Gasteiger partial charge in [0.25, 0.3) is 11.8 Å². The minimum Gasteiger partial charge on any atom is -0.335 e. The molecule has 2 aromatic rings. The Bertz CT molecular complexity index is 1050. The molecule has 0 aliphatic carbocycles. The monoisotopic (exact) mass is 427 g/mol. The lowest BCUT2D eigenvalue weighted by atomic mass is 10.1. The van der Waals surface area contributed by atoms with Crippen molar-refractivity contribution in [3.63, 3.8) is 0 Å². The molecule has 0 atom stereocenters. The third kappa shape index (κ3) is 4.03. The van der Waals surface area contributed by atoms with Gasteiger partial charge in [0.05, 0.1) is 5.69 Å². The van der Waals surface area contributed by atoms with Crippen molar-refractivity contribution in [1.82, 2.24) is 9.80 Å². The lowest BCUT2D eigenvalue weighted by molar-refractivity contribution is -0.121. The number of piperazine rings is 1. The Morgan fingerprint density at radius 3 is 1.68 bits per heavy atom. The van der Waals surface area contributed by atoms with Crippen LogP contribution in [0.15, 0.2) is 42.5 Å². The Morgan fingerprint density at radius 2 is 1.16 bits per heavy atom. The molecule has 4 rings (SSSR count). The van der Waals surface area contributed by atoms with Crippen LogP contribution < -0.4 is 4.90 Å². The molecule has 9 heteroatoms. The smallest absolute Gasteiger partial charge is 0.254 e. The average molecular weight is 427 g/mol. The highest BCUT2D eigenvalue weighted by Crippen LogP contribution is 2.23. The van der Waals surface area contributed by atoms with Gasteiger partial charge >= 0.3 is 0 Å². The predicted molar refractivity (Wildman–Crippen MR) is 106 cm³/mol. The van der Waals surface area contributed by atoms with E-state index >= 15 is 0 Å². The Balaban J connectivity index is 1.38. The number of rotatable bonds is 3. The maximum atomic E-state index is 13.4. The lowest BCUT2D eigenvalue weighted by Crippen LogP contribution is -2.50. The van der Waals surface area contributed by atoms with Crippen molar-refractivity contribution in [2.45, 2.75) is 12.8 Å². The summed E-state index contributed by atoms with van der Waals surface area (Å²) in [7, 11) is 0. The molecule has 2 aliphatic heterocycles. The normalized spacial score (nSPS) is 16.8. The molecule has 2 heterocycles.